The van der Waals surface area contributed by atoms with Crippen LogP contribution < -0.4 is 0 Å². The summed E-state index contributed by atoms with van der Waals surface area (Å²) in [5, 5.41) is 14.0. The Kier molecular flexibility index (Phi) is 23.9. The summed E-state index contributed by atoms with van der Waals surface area (Å²) >= 11 is 0. The normalized spacial score (nSPS) is 3.50. The predicted octanol–water partition coefficient (Wildman–Crippen LogP) is -2.95. The monoisotopic (exact) mass is 77.0 g/mol. The summed E-state index contributed by atoms with van der Waals surface area (Å²) in [6.45, 7) is 0. The Hall–Kier alpha value is 0.202. The molecule has 0 atom stereocenters. The lowest BCUT2D eigenvalue weighted by molar-refractivity contribution is 0.448. The van der Waals surface area contributed by atoms with Gasteiger partial charge in [0, 0.05) is 0 Å². The van der Waals surface area contributed by atoms with Crippen LogP contribution in [-0.2, 0) is 0 Å². The highest BCUT2D eigenvalue weighted by Crippen LogP contribution is 1.08. The number of rotatable bonds is 0. The summed E-state index contributed by atoms with van der Waals surface area (Å²) < 4.78 is 0. The number of hydrogen-bond donors (Lipinski definition) is 2. The Morgan fingerprint density at radius 2 is 1.25 bits per heavy atom. The summed E-state index contributed by atoms with van der Waals surface area (Å²) in [7, 11) is 0. The molecule has 2 nitrogen and oxygen atoms in total. The molecule has 25 valence electrons. The first-order valence-electron chi connectivity index (χ1n) is 0.516. The molecule has 0 fully saturated rings. The van der Waals surface area contributed by atoms with Crippen LogP contribution >= 0.6 is 0 Å². The van der Waals surface area contributed by atoms with E-state index in [-0.39, 0.29) is 18.7 Å². The van der Waals surface area contributed by atoms with Crippen molar-refractivity contribution in [1.29, 1.82) is 0 Å². The maximum absolute atomic E-state index is 7.00. The molecule has 0 amide bonds. The molecule has 0 rings (SSSR count). The van der Waals surface area contributed by atoms with Crippen LogP contribution in [0, 0.1) is 0 Å². The third-order valence-corrected chi connectivity index (χ3v) is 0. The van der Waals surface area contributed by atoms with E-state index in [2.05, 4.69) is 0 Å². The van der Waals surface area contributed by atoms with Crippen LogP contribution in [0.1, 0.15) is 0 Å². The largest absolute Gasteiger partial charge is 0.482 e. The van der Waals surface area contributed by atoms with E-state index in [4.69, 9.17) is 10.0 Å². The smallest absolute Gasteiger partial charge is 0.429 e. The summed E-state index contributed by atoms with van der Waals surface area (Å²) in [6, 6.07) is 0. The minimum atomic E-state index is 0. The fourth-order valence-corrected chi connectivity index (χ4v) is 0. The third-order valence-electron chi connectivity index (χ3n) is 0. The Morgan fingerprint density at radius 3 is 1.25 bits per heavy atom. The minimum Gasteiger partial charge on any atom is -0.429 e. The van der Waals surface area contributed by atoms with Crippen molar-refractivity contribution in [3.63, 3.8) is 0 Å². The van der Waals surface area contributed by atoms with Gasteiger partial charge >= 0.3 is 7.69 Å². The van der Waals surface area contributed by atoms with Crippen molar-refractivity contribution in [1.82, 2.24) is 0 Å². The molecule has 0 aromatic carbocycles. The summed E-state index contributed by atoms with van der Waals surface area (Å²) in [5.74, 6) is 0. The van der Waals surface area contributed by atoms with Crippen LogP contribution in [0.25, 0.3) is 0 Å². The van der Waals surface area contributed by atoms with E-state index >= 15 is 0 Å². The lowest BCUT2D eigenvalue weighted by Gasteiger charge is -1.46. The second kappa shape index (κ2) is 10.7. The van der Waals surface area contributed by atoms with Crippen LogP contribution in [0.2, 0.25) is 0 Å². The maximum atomic E-state index is 7.00. The first-order chi connectivity index (χ1) is 1.41. The Bertz CT molecular complexity index is 6.00. The van der Waals surface area contributed by atoms with E-state index in [0.717, 1.165) is 0 Å². The van der Waals surface area contributed by atoms with Crippen LogP contribution in [0.5, 0.6) is 0 Å². The van der Waals surface area contributed by atoms with Crippen molar-refractivity contribution in [3.8, 4) is 0 Å². The Labute approximate surface area is 29.8 Å². The minimum absolute atomic E-state index is 0. The molecule has 2 N–H and O–H groups in total. The van der Waals surface area contributed by atoms with Gasteiger partial charge < -0.3 is 10.0 Å². The van der Waals surface area contributed by atoms with Gasteiger partial charge in [0.25, 0.3) is 0 Å². The van der Waals surface area contributed by atoms with Crippen molar-refractivity contribution in [2.24, 2.45) is 0 Å². The molecular weight excluding hydrogens is 70.9 g/mol. The van der Waals surface area contributed by atoms with Crippen LogP contribution in [-0.4, -0.2) is 28.7 Å². The van der Waals surface area contributed by atoms with Crippen molar-refractivity contribution in [2.75, 3.05) is 0 Å². The predicted molar refractivity (Wildman–Crippen MR) is 21.5 cm³/mol. The van der Waals surface area contributed by atoms with Crippen molar-refractivity contribution in [3.05, 3.63) is 0 Å². The Balaban J connectivity index is 0. The van der Waals surface area contributed by atoms with Crippen LogP contribution in [0.3, 0.4) is 0 Å². The van der Waals surface area contributed by atoms with Gasteiger partial charge in [0.2, 0.25) is 0 Å². The molecule has 0 aliphatic rings. The maximum Gasteiger partial charge on any atom is 0.482 e. The van der Waals surface area contributed by atoms with Crippen molar-refractivity contribution in [2.45, 2.75) is 0 Å². The molecule has 0 aromatic rings. The van der Waals surface area contributed by atoms with Gasteiger partial charge in [-0.25, -0.2) is 0 Å². The highest BCUT2D eigenvalue weighted by Gasteiger charge is 1.51. The Morgan fingerprint density at radius 1 is 1.25 bits per heavy atom. The fraction of sp³-hybridized carbons (Fsp3) is 0. The van der Waals surface area contributed by atoms with Gasteiger partial charge in [-0.2, -0.15) is 0 Å². The quantitative estimate of drug-likeness (QED) is 0.303. The SMILES string of the molecule is O[B]O.[SiH4]. The van der Waals surface area contributed by atoms with Gasteiger partial charge in [0.1, 0.15) is 0 Å². The highest BCUT2D eigenvalue weighted by molar-refractivity contribution is 6.13. The lowest BCUT2D eigenvalue weighted by Crippen LogP contribution is -1.75. The highest BCUT2D eigenvalue weighted by atomic mass is 28.1. The fourth-order valence-electron chi connectivity index (χ4n) is 0. The molecule has 0 unspecified atom stereocenters. The zero-order chi connectivity index (χ0) is 2.71. The molecule has 0 aliphatic carbocycles. The molecule has 0 spiro atoms. The van der Waals surface area contributed by atoms with Crippen LogP contribution in [0.15, 0.2) is 0 Å². The molecule has 0 bridgehead atoms. The third kappa shape index (κ3) is 78.1. The van der Waals surface area contributed by atoms with Gasteiger partial charge in [-0.05, 0) is 11.0 Å². The van der Waals surface area contributed by atoms with E-state index in [1.165, 1.54) is 0 Å². The summed E-state index contributed by atoms with van der Waals surface area (Å²) in [5.41, 5.74) is 0. The van der Waals surface area contributed by atoms with Crippen LogP contribution in [0.4, 0.5) is 0 Å². The molecular formula is H6BO2Si. The van der Waals surface area contributed by atoms with Gasteiger partial charge in [0.05, 0.1) is 0 Å². The molecule has 0 aliphatic heterocycles. The first kappa shape index (κ1) is 8.89. The molecule has 1 radical (unpaired) electrons. The topological polar surface area (TPSA) is 40.5 Å². The van der Waals surface area contributed by atoms with Gasteiger partial charge in [-0.3, -0.25) is 0 Å². The van der Waals surface area contributed by atoms with E-state index in [1.54, 1.807) is 0 Å². The second-order valence-corrected chi connectivity index (χ2v) is 0.115. The van der Waals surface area contributed by atoms with E-state index < -0.39 is 0 Å². The first-order valence-corrected chi connectivity index (χ1v) is 0.516. The molecule has 0 saturated heterocycles. The molecule has 4 heavy (non-hydrogen) atoms. The molecule has 0 aromatic heterocycles. The van der Waals surface area contributed by atoms with Crippen molar-refractivity contribution >= 4 is 18.7 Å². The standard InChI is InChI=1S/BH2O2.H4Si/c2-1-3;/h2-3H;1H4. The zero-order valence-corrected chi connectivity index (χ0v) is 1.47. The van der Waals surface area contributed by atoms with E-state index in [0.29, 0.717) is 0 Å². The average molecular weight is 76.9 g/mol. The van der Waals surface area contributed by atoms with Gasteiger partial charge in [-0.1, -0.05) is 0 Å². The molecule has 0 saturated carbocycles. The lowest BCUT2D eigenvalue weighted by atomic mass is 10.5. The second-order valence-electron chi connectivity index (χ2n) is 0.115. The zero-order valence-electron chi connectivity index (χ0n) is 1.47. The van der Waals surface area contributed by atoms with Gasteiger partial charge in [0.15, 0.2) is 0 Å². The summed E-state index contributed by atoms with van der Waals surface area (Å²) in [6.07, 6.45) is 0. The van der Waals surface area contributed by atoms with Gasteiger partial charge in [-0.15, -0.1) is 0 Å². The average Bonchev–Trinajstić information content (AvgIpc) is 0.918. The van der Waals surface area contributed by atoms with E-state index in [1.807, 2.05) is 0 Å². The summed E-state index contributed by atoms with van der Waals surface area (Å²) in [4.78, 5) is 0. The van der Waals surface area contributed by atoms with E-state index in [9.17, 15) is 0 Å². The number of hydrogen-bond acceptors (Lipinski definition) is 2. The molecule has 0 heterocycles. The molecule has 4 heteroatoms. The van der Waals surface area contributed by atoms with Crippen molar-refractivity contribution < 1.29 is 10.0 Å².